The first-order valence-corrected chi connectivity index (χ1v) is 5.73. The van der Waals surface area contributed by atoms with Gasteiger partial charge in [-0.2, -0.15) is 0 Å². The van der Waals surface area contributed by atoms with Crippen LogP contribution in [-0.2, 0) is 24.0 Å². The summed E-state index contributed by atoms with van der Waals surface area (Å²) in [5, 5.41) is 21.6. The molecule has 2 amide bonds. The van der Waals surface area contributed by atoms with Gasteiger partial charge in [0, 0.05) is 19.8 Å². The predicted molar refractivity (Wildman–Crippen MR) is 64.7 cm³/mol. The second kappa shape index (κ2) is 8.62. The van der Waals surface area contributed by atoms with Gasteiger partial charge in [0.1, 0.15) is 18.4 Å². The minimum atomic E-state index is -1.40. The number of amides is 2. The summed E-state index contributed by atoms with van der Waals surface area (Å²) >= 11 is 0. The van der Waals surface area contributed by atoms with Gasteiger partial charge in [-0.3, -0.25) is 14.4 Å². The standard InChI is InChI=1S/C11H16N2O7/c1-6(15)12-7(4-5-14)10(18)13-8(11(19)20)2-3-9(16)17/h5,7-8H,2-4H2,1H3,(H,12,15)(H,13,18)(H,16,17)(H,19,20). The Labute approximate surface area is 114 Å². The van der Waals surface area contributed by atoms with E-state index in [2.05, 4.69) is 10.6 Å². The normalized spacial score (nSPS) is 12.8. The number of aliphatic carboxylic acids is 2. The number of carboxylic acids is 2. The molecular weight excluding hydrogens is 272 g/mol. The van der Waals surface area contributed by atoms with Gasteiger partial charge in [0.2, 0.25) is 11.8 Å². The van der Waals surface area contributed by atoms with Gasteiger partial charge in [0.25, 0.3) is 0 Å². The lowest BCUT2D eigenvalue weighted by Gasteiger charge is -2.19. The van der Waals surface area contributed by atoms with Crippen LogP contribution in [-0.4, -0.2) is 52.3 Å². The van der Waals surface area contributed by atoms with E-state index >= 15 is 0 Å². The average molecular weight is 288 g/mol. The largest absolute Gasteiger partial charge is 0.481 e. The molecule has 0 bridgehead atoms. The molecule has 0 heterocycles. The highest BCUT2D eigenvalue weighted by Gasteiger charge is 2.26. The molecular formula is C11H16N2O7. The molecule has 112 valence electrons. The van der Waals surface area contributed by atoms with E-state index in [-0.39, 0.29) is 12.8 Å². The Hall–Kier alpha value is -2.45. The number of hydrogen-bond donors (Lipinski definition) is 4. The number of rotatable bonds is 9. The van der Waals surface area contributed by atoms with Crippen LogP contribution in [0.15, 0.2) is 0 Å². The molecule has 4 N–H and O–H groups in total. The van der Waals surface area contributed by atoms with Gasteiger partial charge in [0.05, 0.1) is 0 Å². The van der Waals surface area contributed by atoms with E-state index in [1.807, 2.05) is 0 Å². The Morgan fingerprint density at radius 2 is 1.70 bits per heavy atom. The van der Waals surface area contributed by atoms with Crippen molar-refractivity contribution in [1.82, 2.24) is 10.6 Å². The van der Waals surface area contributed by atoms with Crippen molar-refractivity contribution in [2.45, 2.75) is 38.3 Å². The summed E-state index contributed by atoms with van der Waals surface area (Å²) < 4.78 is 0. The van der Waals surface area contributed by atoms with Crippen molar-refractivity contribution >= 4 is 30.0 Å². The van der Waals surface area contributed by atoms with Crippen molar-refractivity contribution in [3.63, 3.8) is 0 Å². The molecule has 9 nitrogen and oxygen atoms in total. The molecule has 20 heavy (non-hydrogen) atoms. The van der Waals surface area contributed by atoms with Gasteiger partial charge in [0.15, 0.2) is 0 Å². The van der Waals surface area contributed by atoms with Crippen LogP contribution in [0.4, 0.5) is 0 Å². The molecule has 0 aromatic carbocycles. The summed E-state index contributed by atoms with van der Waals surface area (Å²) in [6.07, 6.45) is -0.635. The number of carbonyl (C=O) groups excluding carboxylic acids is 3. The van der Waals surface area contributed by atoms with E-state index in [9.17, 15) is 24.0 Å². The zero-order valence-corrected chi connectivity index (χ0v) is 10.8. The van der Waals surface area contributed by atoms with Crippen LogP contribution >= 0.6 is 0 Å². The summed E-state index contributed by atoms with van der Waals surface area (Å²) in [4.78, 5) is 54.3. The summed E-state index contributed by atoms with van der Waals surface area (Å²) in [7, 11) is 0. The lowest BCUT2D eigenvalue weighted by molar-refractivity contribution is -0.143. The molecule has 0 aliphatic rings. The highest BCUT2D eigenvalue weighted by molar-refractivity contribution is 5.91. The van der Waals surface area contributed by atoms with Crippen LogP contribution < -0.4 is 10.6 Å². The number of carbonyl (C=O) groups is 5. The van der Waals surface area contributed by atoms with Crippen LogP contribution in [0.3, 0.4) is 0 Å². The molecule has 0 aromatic rings. The third-order valence-electron chi connectivity index (χ3n) is 2.29. The summed E-state index contributed by atoms with van der Waals surface area (Å²) in [5.74, 6) is -4.00. The molecule has 0 aliphatic carbocycles. The number of carboxylic acid groups (broad SMARTS) is 2. The topological polar surface area (TPSA) is 150 Å². The maximum atomic E-state index is 11.7. The zero-order valence-electron chi connectivity index (χ0n) is 10.8. The molecule has 0 radical (unpaired) electrons. The second-order valence-corrected chi connectivity index (χ2v) is 3.99. The van der Waals surface area contributed by atoms with Gasteiger partial charge in [-0.05, 0) is 6.42 Å². The summed E-state index contributed by atoms with van der Waals surface area (Å²) in [6.45, 7) is 1.14. The first-order chi connectivity index (χ1) is 9.27. The summed E-state index contributed by atoms with van der Waals surface area (Å²) in [6, 6.07) is -2.59. The molecule has 0 aliphatic heterocycles. The van der Waals surface area contributed by atoms with E-state index < -0.39 is 42.3 Å². The summed E-state index contributed by atoms with van der Waals surface area (Å²) in [5.41, 5.74) is 0. The van der Waals surface area contributed by atoms with Crippen molar-refractivity contribution in [3.05, 3.63) is 0 Å². The maximum Gasteiger partial charge on any atom is 0.326 e. The Bertz CT molecular complexity index is 408. The first-order valence-electron chi connectivity index (χ1n) is 5.73. The predicted octanol–water partition coefficient (Wildman–Crippen LogP) is -1.49. The van der Waals surface area contributed by atoms with Gasteiger partial charge in [-0.25, -0.2) is 4.79 Å². The smallest absolute Gasteiger partial charge is 0.326 e. The van der Waals surface area contributed by atoms with Crippen molar-refractivity contribution in [2.75, 3.05) is 0 Å². The minimum Gasteiger partial charge on any atom is -0.481 e. The highest BCUT2D eigenvalue weighted by atomic mass is 16.4. The van der Waals surface area contributed by atoms with Crippen molar-refractivity contribution < 1.29 is 34.2 Å². The second-order valence-electron chi connectivity index (χ2n) is 3.99. The van der Waals surface area contributed by atoms with Crippen LogP contribution in [0.25, 0.3) is 0 Å². The zero-order chi connectivity index (χ0) is 15.7. The molecule has 9 heteroatoms. The van der Waals surface area contributed by atoms with E-state index in [1.54, 1.807) is 0 Å². The minimum absolute atomic E-state index is 0.301. The fourth-order valence-electron chi connectivity index (χ4n) is 1.37. The SMILES string of the molecule is CC(=O)NC(CC=O)C(=O)NC(CCC(=O)O)C(=O)O. The number of hydrogen-bond acceptors (Lipinski definition) is 5. The average Bonchev–Trinajstić information content (AvgIpc) is 2.32. The van der Waals surface area contributed by atoms with E-state index in [1.165, 1.54) is 0 Å². The Morgan fingerprint density at radius 1 is 1.10 bits per heavy atom. The molecule has 2 unspecified atom stereocenters. The van der Waals surface area contributed by atoms with Gasteiger partial charge < -0.3 is 25.6 Å². The maximum absolute atomic E-state index is 11.7. The lowest BCUT2D eigenvalue weighted by atomic mass is 10.1. The highest BCUT2D eigenvalue weighted by Crippen LogP contribution is 2.00. The Balaban J connectivity index is 4.68. The quantitative estimate of drug-likeness (QED) is 0.377. The van der Waals surface area contributed by atoms with Crippen LogP contribution in [0.1, 0.15) is 26.2 Å². The van der Waals surface area contributed by atoms with Gasteiger partial charge in [-0.15, -0.1) is 0 Å². The number of nitrogens with one attached hydrogen (secondary N) is 2. The fraction of sp³-hybridized carbons (Fsp3) is 0.545. The monoisotopic (exact) mass is 288 g/mol. The van der Waals surface area contributed by atoms with E-state index in [0.717, 1.165) is 6.92 Å². The Kier molecular flexibility index (Phi) is 7.56. The van der Waals surface area contributed by atoms with Crippen LogP contribution in [0.5, 0.6) is 0 Å². The van der Waals surface area contributed by atoms with Crippen molar-refractivity contribution in [3.8, 4) is 0 Å². The van der Waals surface area contributed by atoms with E-state index in [4.69, 9.17) is 10.2 Å². The van der Waals surface area contributed by atoms with Gasteiger partial charge in [-0.1, -0.05) is 0 Å². The van der Waals surface area contributed by atoms with Crippen molar-refractivity contribution in [2.24, 2.45) is 0 Å². The third-order valence-corrected chi connectivity index (χ3v) is 2.29. The van der Waals surface area contributed by atoms with Crippen LogP contribution in [0, 0.1) is 0 Å². The third kappa shape index (κ3) is 7.09. The molecule has 0 spiro atoms. The molecule has 0 saturated heterocycles. The van der Waals surface area contributed by atoms with E-state index in [0.29, 0.717) is 6.29 Å². The molecule has 0 aromatic heterocycles. The first kappa shape index (κ1) is 17.6. The fourth-order valence-corrected chi connectivity index (χ4v) is 1.37. The van der Waals surface area contributed by atoms with Crippen LogP contribution in [0.2, 0.25) is 0 Å². The molecule has 0 rings (SSSR count). The molecule has 0 fully saturated rings. The van der Waals surface area contributed by atoms with Crippen molar-refractivity contribution in [1.29, 1.82) is 0 Å². The molecule has 0 saturated carbocycles. The number of aldehydes is 1. The molecule has 2 atom stereocenters. The van der Waals surface area contributed by atoms with Gasteiger partial charge >= 0.3 is 11.9 Å². The lowest BCUT2D eigenvalue weighted by Crippen LogP contribution is -2.51. The Morgan fingerprint density at radius 3 is 2.10 bits per heavy atom.